The molecule has 0 spiro atoms. The molecule has 3 aromatic rings. The summed E-state index contributed by atoms with van der Waals surface area (Å²) in [6.45, 7) is 2.11. The Hall–Kier alpha value is -3.35. The molecule has 0 saturated heterocycles. The third-order valence-electron chi connectivity index (χ3n) is 3.81. The molecule has 0 bridgehead atoms. The Bertz CT molecular complexity index is 962. The van der Waals surface area contributed by atoms with Gasteiger partial charge < -0.3 is 10.6 Å². The molecule has 1 heterocycles. The zero-order valence-electron chi connectivity index (χ0n) is 14.7. The van der Waals surface area contributed by atoms with Gasteiger partial charge in [0.05, 0.1) is 0 Å². The number of hydrogen-bond donors (Lipinski definition) is 2. The summed E-state index contributed by atoms with van der Waals surface area (Å²) in [6.07, 6.45) is 0.473. The Kier molecular flexibility index (Phi) is 5.71. The summed E-state index contributed by atoms with van der Waals surface area (Å²) in [6, 6.07) is 13.7. The topological polar surface area (TPSA) is 66.9 Å². The number of amides is 1. The number of nitrogens with zero attached hydrogens (tertiary/aromatic N) is 2. The maximum absolute atomic E-state index is 13.7. The highest BCUT2D eigenvalue weighted by atomic mass is 19.1. The molecule has 0 aliphatic heterocycles. The van der Waals surface area contributed by atoms with Gasteiger partial charge >= 0.3 is 0 Å². The monoisotopic (exact) mass is 368 g/mol. The molecule has 0 atom stereocenters. The van der Waals surface area contributed by atoms with E-state index in [1.54, 1.807) is 31.2 Å². The highest BCUT2D eigenvalue weighted by Crippen LogP contribution is 2.13. The predicted octanol–water partition coefficient (Wildman–Crippen LogP) is 3.97. The van der Waals surface area contributed by atoms with E-state index in [2.05, 4.69) is 20.6 Å². The van der Waals surface area contributed by atoms with Crippen LogP contribution >= 0.6 is 0 Å². The number of aromatic nitrogens is 2. The fraction of sp³-hybridized carbons (Fsp3) is 0.150. The van der Waals surface area contributed by atoms with Crippen molar-refractivity contribution in [3.05, 3.63) is 83.3 Å². The summed E-state index contributed by atoms with van der Waals surface area (Å²) in [5, 5.41) is 5.67. The highest BCUT2D eigenvalue weighted by molar-refractivity contribution is 6.03. The van der Waals surface area contributed by atoms with Gasteiger partial charge in [0.15, 0.2) is 0 Å². The fourth-order valence-electron chi connectivity index (χ4n) is 2.56. The van der Waals surface area contributed by atoms with Crippen LogP contribution in [-0.4, -0.2) is 22.4 Å². The first-order chi connectivity index (χ1) is 13.0. The van der Waals surface area contributed by atoms with Crippen LogP contribution in [0.15, 0.2) is 54.6 Å². The zero-order chi connectivity index (χ0) is 19.2. The van der Waals surface area contributed by atoms with Gasteiger partial charge in [-0.3, -0.25) is 4.79 Å². The average molecular weight is 368 g/mol. The van der Waals surface area contributed by atoms with Crippen molar-refractivity contribution in [3.8, 4) is 0 Å². The number of carbonyl (C=O) groups excluding carboxylic acids is 1. The highest BCUT2D eigenvalue weighted by Gasteiger charge is 2.11. The summed E-state index contributed by atoms with van der Waals surface area (Å²) in [4.78, 5) is 20.7. The standard InChI is InChI=1S/C20H18F2N4O/c1-13-24-18(20(27)26-16-7-4-6-15(21)11-16)12-19(25-13)23-10-9-14-5-2-3-8-17(14)22/h2-8,11-12H,9-10H2,1H3,(H,26,27)(H,23,24,25). The molecule has 0 aliphatic rings. The van der Waals surface area contributed by atoms with Gasteiger partial charge in [-0.05, 0) is 43.2 Å². The number of anilines is 2. The largest absolute Gasteiger partial charge is 0.370 e. The Labute approximate surface area is 155 Å². The third kappa shape index (κ3) is 5.07. The zero-order valence-corrected chi connectivity index (χ0v) is 14.7. The van der Waals surface area contributed by atoms with Crippen LogP contribution in [0.3, 0.4) is 0 Å². The SMILES string of the molecule is Cc1nc(NCCc2ccccc2F)cc(C(=O)Nc2cccc(F)c2)n1. The van der Waals surface area contributed by atoms with Gasteiger partial charge in [0, 0.05) is 18.3 Å². The molecule has 2 aromatic carbocycles. The second kappa shape index (κ2) is 8.35. The number of benzene rings is 2. The van der Waals surface area contributed by atoms with Gasteiger partial charge in [0.2, 0.25) is 0 Å². The van der Waals surface area contributed by atoms with Crippen LogP contribution < -0.4 is 10.6 Å². The van der Waals surface area contributed by atoms with Crippen LogP contribution in [0.1, 0.15) is 21.9 Å². The Balaban J connectivity index is 1.66. The summed E-state index contributed by atoms with van der Waals surface area (Å²) >= 11 is 0. The van der Waals surface area contributed by atoms with Crippen molar-refractivity contribution in [2.75, 3.05) is 17.2 Å². The lowest BCUT2D eigenvalue weighted by Gasteiger charge is -2.10. The molecular formula is C20H18F2N4O. The maximum atomic E-state index is 13.7. The summed E-state index contributed by atoms with van der Waals surface area (Å²) < 4.78 is 26.9. The van der Waals surface area contributed by atoms with E-state index in [0.29, 0.717) is 35.9 Å². The molecule has 27 heavy (non-hydrogen) atoms. The van der Waals surface area contributed by atoms with E-state index in [1.807, 2.05) is 0 Å². The van der Waals surface area contributed by atoms with Gasteiger partial charge in [-0.25, -0.2) is 18.7 Å². The van der Waals surface area contributed by atoms with E-state index in [-0.39, 0.29) is 11.5 Å². The van der Waals surface area contributed by atoms with Crippen LogP contribution in [0.25, 0.3) is 0 Å². The maximum Gasteiger partial charge on any atom is 0.274 e. The lowest BCUT2D eigenvalue weighted by atomic mass is 10.1. The second-order valence-corrected chi connectivity index (χ2v) is 5.92. The first-order valence-electron chi connectivity index (χ1n) is 8.41. The number of rotatable bonds is 6. The predicted molar refractivity (Wildman–Crippen MR) is 99.7 cm³/mol. The lowest BCUT2D eigenvalue weighted by Crippen LogP contribution is -2.16. The van der Waals surface area contributed by atoms with E-state index in [4.69, 9.17) is 0 Å². The molecule has 0 aliphatic carbocycles. The van der Waals surface area contributed by atoms with Crippen molar-refractivity contribution in [1.82, 2.24) is 9.97 Å². The van der Waals surface area contributed by atoms with Crippen molar-refractivity contribution < 1.29 is 13.6 Å². The Morgan fingerprint density at radius 3 is 2.63 bits per heavy atom. The normalized spacial score (nSPS) is 10.5. The van der Waals surface area contributed by atoms with E-state index in [9.17, 15) is 13.6 Å². The molecule has 0 saturated carbocycles. The molecule has 3 rings (SSSR count). The first kappa shape index (κ1) is 18.4. The smallest absolute Gasteiger partial charge is 0.274 e. The summed E-state index contributed by atoms with van der Waals surface area (Å²) in [7, 11) is 0. The molecule has 2 N–H and O–H groups in total. The first-order valence-corrected chi connectivity index (χ1v) is 8.41. The minimum Gasteiger partial charge on any atom is -0.370 e. The summed E-state index contributed by atoms with van der Waals surface area (Å²) in [5.74, 6) is -0.294. The van der Waals surface area contributed by atoms with Crippen molar-refractivity contribution in [2.45, 2.75) is 13.3 Å². The number of carbonyl (C=O) groups is 1. The van der Waals surface area contributed by atoms with Gasteiger partial charge in [0.25, 0.3) is 5.91 Å². The van der Waals surface area contributed by atoms with E-state index in [1.165, 1.54) is 30.3 Å². The van der Waals surface area contributed by atoms with Gasteiger partial charge in [-0.15, -0.1) is 0 Å². The van der Waals surface area contributed by atoms with E-state index in [0.717, 1.165) is 0 Å². The second-order valence-electron chi connectivity index (χ2n) is 5.92. The van der Waals surface area contributed by atoms with Crippen LogP contribution in [-0.2, 0) is 6.42 Å². The van der Waals surface area contributed by atoms with Gasteiger partial charge in [0.1, 0.15) is 29.0 Å². The number of aryl methyl sites for hydroxylation is 1. The lowest BCUT2D eigenvalue weighted by molar-refractivity contribution is 0.102. The molecule has 138 valence electrons. The van der Waals surface area contributed by atoms with Crippen LogP contribution in [0, 0.1) is 18.6 Å². The van der Waals surface area contributed by atoms with E-state index >= 15 is 0 Å². The molecule has 5 nitrogen and oxygen atoms in total. The minimum atomic E-state index is -0.469. The number of hydrogen-bond acceptors (Lipinski definition) is 4. The molecule has 0 fully saturated rings. The van der Waals surface area contributed by atoms with Crippen LogP contribution in [0.4, 0.5) is 20.3 Å². The molecule has 1 amide bonds. The third-order valence-corrected chi connectivity index (χ3v) is 3.81. The van der Waals surface area contributed by atoms with Gasteiger partial charge in [-0.1, -0.05) is 24.3 Å². The molecule has 0 unspecified atom stereocenters. The Morgan fingerprint density at radius 2 is 1.85 bits per heavy atom. The van der Waals surface area contributed by atoms with Crippen LogP contribution in [0.2, 0.25) is 0 Å². The molecular weight excluding hydrogens is 350 g/mol. The minimum absolute atomic E-state index is 0.153. The quantitative estimate of drug-likeness (QED) is 0.691. The fourth-order valence-corrected chi connectivity index (χ4v) is 2.56. The van der Waals surface area contributed by atoms with Crippen LogP contribution in [0.5, 0.6) is 0 Å². The average Bonchev–Trinajstić information content (AvgIpc) is 2.63. The Morgan fingerprint density at radius 1 is 1.04 bits per heavy atom. The van der Waals surface area contributed by atoms with Crippen molar-refractivity contribution in [2.24, 2.45) is 0 Å². The van der Waals surface area contributed by atoms with Crippen molar-refractivity contribution in [1.29, 1.82) is 0 Å². The number of nitrogens with one attached hydrogen (secondary N) is 2. The van der Waals surface area contributed by atoms with E-state index < -0.39 is 11.7 Å². The molecule has 7 heteroatoms. The number of halogens is 2. The molecule has 0 radical (unpaired) electrons. The van der Waals surface area contributed by atoms with Gasteiger partial charge in [-0.2, -0.15) is 0 Å². The van der Waals surface area contributed by atoms with Crippen molar-refractivity contribution >= 4 is 17.4 Å². The van der Waals surface area contributed by atoms with Crippen molar-refractivity contribution in [3.63, 3.8) is 0 Å². The summed E-state index contributed by atoms with van der Waals surface area (Å²) in [5.41, 5.74) is 1.09. The molecule has 1 aromatic heterocycles.